The second-order valence-electron chi connectivity index (χ2n) is 21.3. The van der Waals surface area contributed by atoms with Crippen LogP contribution in [-0.2, 0) is 28.6 Å². The third-order valence-corrected chi connectivity index (χ3v) is 14.0. The van der Waals surface area contributed by atoms with Gasteiger partial charge >= 0.3 is 17.9 Å². The second-order valence-corrected chi connectivity index (χ2v) is 21.3. The van der Waals surface area contributed by atoms with Gasteiger partial charge in [0.2, 0.25) is 0 Å². The van der Waals surface area contributed by atoms with Crippen molar-refractivity contribution in [1.82, 2.24) is 0 Å². The van der Waals surface area contributed by atoms with Crippen molar-refractivity contribution in [3.8, 4) is 0 Å². The van der Waals surface area contributed by atoms with Crippen molar-refractivity contribution in [1.29, 1.82) is 0 Å². The third-order valence-electron chi connectivity index (χ3n) is 14.0. The molecule has 1 atom stereocenters. The zero-order valence-corrected chi connectivity index (χ0v) is 48.7. The fraction of sp³-hybridized carbons (Fsp3) is 0.806. The first-order valence-electron chi connectivity index (χ1n) is 31.8. The number of rotatable bonds is 58. The largest absolute Gasteiger partial charge is 0.462 e. The van der Waals surface area contributed by atoms with Crippen LogP contribution >= 0.6 is 0 Å². The Kier molecular flexibility index (Phi) is 59.2. The van der Waals surface area contributed by atoms with Crippen molar-refractivity contribution in [2.75, 3.05) is 13.2 Å². The topological polar surface area (TPSA) is 78.9 Å². The summed E-state index contributed by atoms with van der Waals surface area (Å²) in [6, 6.07) is 0. The molecule has 0 spiro atoms. The maximum Gasteiger partial charge on any atom is 0.306 e. The Morgan fingerprint density at radius 1 is 0.288 bits per heavy atom. The van der Waals surface area contributed by atoms with Gasteiger partial charge in [-0.15, -0.1) is 0 Å². The van der Waals surface area contributed by atoms with E-state index >= 15 is 0 Å². The molecule has 0 aromatic heterocycles. The lowest BCUT2D eigenvalue weighted by molar-refractivity contribution is -0.167. The molecule has 0 aliphatic carbocycles. The molecule has 0 bridgehead atoms. The van der Waals surface area contributed by atoms with Crippen LogP contribution in [0.2, 0.25) is 0 Å². The fourth-order valence-electron chi connectivity index (χ4n) is 9.25. The van der Waals surface area contributed by atoms with Gasteiger partial charge in [0.25, 0.3) is 0 Å². The maximum absolute atomic E-state index is 12.9. The highest BCUT2D eigenvalue weighted by molar-refractivity contribution is 5.71. The van der Waals surface area contributed by atoms with E-state index in [1.165, 1.54) is 193 Å². The van der Waals surface area contributed by atoms with Gasteiger partial charge in [-0.2, -0.15) is 0 Å². The minimum absolute atomic E-state index is 0.0877. The molecule has 0 aliphatic heterocycles. The van der Waals surface area contributed by atoms with Crippen LogP contribution in [0.15, 0.2) is 60.8 Å². The summed E-state index contributed by atoms with van der Waals surface area (Å²) in [7, 11) is 0. The van der Waals surface area contributed by atoms with Crippen LogP contribution in [0, 0.1) is 0 Å². The van der Waals surface area contributed by atoms with Crippen molar-refractivity contribution in [2.45, 2.75) is 335 Å². The van der Waals surface area contributed by atoms with Crippen LogP contribution in [0.25, 0.3) is 0 Å². The normalized spacial score (nSPS) is 12.4. The number of carbonyl (C=O) groups excluding carboxylic acids is 3. The molecule has 0 rings (SSSR count). The minimum atomic E-state index is -0.795. The van der Waals surface area contributed by atoms with Crippen LogP contribution in [0.3, 0.4) is 0 Å². The fourth-order valence-corrected chi connectivity index (χ4v) is 9.25. The predicted molar refractivity (Wildman–Crippen MR) is 316 cm³/mol. The highest BCUT2D eigenvalue weighted by atomic mass is 16.6. The standard InChI is InChI=1S/C67H120O6/c1-4-7-10-13-16-19-22-25-28-30-31-32-33-34-35-36-37-40-42-45-48-51-54-57-60-66(69)72-63-64(62-71-65(68)59-56-53-50-47-44-41-38-27-24-21-18-15-12-9-6-3)73-67(70)61-58-55-52-49-46-43-39-29-26-23-20-17-14-11-8-5-2/h9,12,18,21,27,29,38-39,44,47,64H,4-8,10-11,13-17,19-20,22-26,28,30-37,40-43,45-46,48-63H2,1-3H3/b12-9-,21-18-,38-27-,39-29-,47-44-. The molecule has 424 valence electrons. The van der Waals surface area contributed by atoms with Gasteiger partial charge in [0.1, 0.15) is 13.2 Å². The van der Waals surface area contributed by atoms with Crippen molar-refractivity contribution < 1.29 is 28.6 Å². The molecule has 0 N–H and O–H groups in total. The third kappa shape index (κ3) is 59.9. The molecule has 0 fully saturated rings. The summed E-state index contributed by atoms with van der Waals surface area (Å²) in [6.45, 7) is 6.53. The highest BCUT2D eigenvalue weighted by Gasteiger charge is 2.19. The van der Waals surface area contributed by atoms with Gasteiger partial charge in [-0.3, -0.25) is 14.4 Å². The Morgan fingerprint density at radius 2 is 0.534 bits per heavy atom. The van der Waals surface area contributed by atoms with E-state index in [0.717, 1.165) is 96.3 Å². The molecule has 0 saturated heterocycles. The van der Waals surface area contributed by atoms with Crippen LogP contribution in [0.1, 0.15) is 329 Å². The quantitative estimate of drug-likeness (QED) is 0.0261. The van der Waals surface area contributed by atoms with E-state index in [1.807, 2.05) is 0 Å². The van der Waals surface area contributed by atoms with Gasteiger partial charge in [-0.05, 0) is 83.5 Å². The molecule has 0 radical (unpaired) electrons. The predicted octanol–water partition coefficient (Wildman–Crippen LogP) is 21.6. The van der Waals surface area contributed by atoms with E-state index in [1.54, 1.807) is 0 Å². The van der Waals surface area contributed by atoms with Gasteiger partial charge < -0.3 is 14.2 Å². The van der Waals surface area contributed by atoms with Crippen LogP contribution < -0.4 is 0 Å². The van der Waals surface area contributed by atoms with E-state index in [0.29, 0.717) is 19.3 Å². The summed E-state index contributed by atoms with van der Waals surface area (Å²) in [4.78, 5) is 38.3. The molecule has 0 aromatic carbocycles. The van der Waals surface area contributed by atoms with Crippen molar-refractivity contribution in [2.24, 2.45) is 0 Å². The molecule has 73 heavy (non-hydrogen) atoms. The summed E-state index contributed by atoms with van der Waals surface area (Å²) in [5, 5.41) is 0. The molecule has 0 aliphatic rings. The van der Waals surface area contributed by atoms with Gasteiger partial charge in [-0.25, -0.2) is 0 Å². The number of unbranched alkanes of at least 4 members (excludes halogenated alkanes) is 37. The number of esters is 3. The molecule has 0 heterocycles. The zero-order chi connectivity index (χ0) is 52.9. The average molecular weight is 1020 g/mol. The first-order valence-corrected chi connectivity index (χ1v) is 31.8. The van der Waals surface area contributed by atoms with E-state index in [9.17, 15) is 14.4 Å². The molecule has 0 aromatic rings. The van der Waals surface area contributed by atoms with Crippen LogP contribution in [0.4, 0.5) is 0 Å². The van der Waals surface area contributed by atoms with Crippen molar-refractivity contribution in [3.63, 3.8) is 0 Å². The Morgan fingerprint density at radius 3 is 0.877 bits per heavy atom. The maximum atomic E-state index is 12.9. The van der Waals surface area contributed by atoms with Crippen LogP contribution in [0.5, 0.6) is 0 Å². The highest BCUT2D eigenvalue weighted by Crippen LogP contribution is 2.17. The first-order chi connectivity index (χ1) is 36.0. The summed E-state index contributed by atoms with van der Waals surface area (Å²) < 4.78 is 16.9. The lowest BCUT2D eigenvalue weighted by atomic mass is 10.0. The Hall–Kier alpha value is -2.89. The van der Waals surface area contributed by atoms with E-state index in [4.69, 9.17) is 14.2 Å². The summed E-state index contributed by atoms with van der Waals surface area (Å²) in [5.74, 6) is -0.923. The molecule has 6 heteroatoms. The van der Waals surface area contributed by atoms with Gasteiger partial charge in [0.05, 0.1) is 0 Å². The van der Waals surface area contributed by atoms with E-state index in [-0.39, 0.29) is 31.1 Å². The number of hydrogen-bond acceptors (Lipinski definition) is 6. The minimum Gasteiger partial charge on any atom is -0.462 e. The number of hydrogen-bond donors (Lipinski definition) is 0. The SMILES string of the molecule is CC/C=C\C/C=C\C/C=C\C/C=C\CCCCC(=O)OCC(COC(=O)CCCCCCCCCCCCCCCCCCCCCCCCCC)OC(=O)CCCCCCC/C=C\CCCCCCCCC. The Bertz CT molecular complexity index is 1310. The van der Waals surface area contributed by atoms with Gasteiger partial charge in [0, 0.05) is 19.3 Å². The monoisotopic (exact) mass is 1020 g/mol. The molecule has 0 amide bonds. The van der Waals surface area contributed by atoms with Gasteiger partial charge in [-0.1, -0.05) is 287 Å². The molecular weight excluding hydrogens is 901 g/mol. The summed E-state index contributed by atoms with van der Waals surface area (Å²) in [5.41, 5.74) is 0. The summed E-state index contributed by atoms with van der Waals surface area (Å²) >= 11 is 0. The Labute approximate surface area is 453 Å². The number of carbonyl (C=O) groups is 3. The van der Waals surface area contributed by atoms with Crippen molar-refractivity contribution in [3.05, 3.63) is 60.8 Å². The second kappa shape index (κ2) is 61.7. The Balaban J connectivity index is 4.32. The van der Waals surface area contributed by atoms with E-state index in [2.05, 4.69) is 81.5 Å². The van der Waals surface area contributed by atoms with Gasteiger partial charge in [0.15, 0.2) is 6.10 Å². The average Bonchev–Trinajstić information content (AvgIpc) is 3.39. The smallest absolute Gasteiger partial charge is 0.306 e. The number of ether oxygens (including phenoxy) is 3. The zero-order valence-electron chi connectivity index (χ0n) is 48.7. The molecule has 0 saturated carbocycles. The molecular formula is C67H120O6. The molecule has 1 unspecified atom stereocenters. The van der Waals surface area contributed by atoms with Crippen LogP contribution in [-0.4, -0.2) is 37.2 Å². The first kappa shape index (κ1) is 70.1. The molecule has 6 nitrogen and oxygen atoms in total. The van der Waals surface area contributed by atoms with Crippen molar-refractivity contribution >= 4 is 17.9 Å². The van der Waals surface area contributed by atoms with E-state index < -0.39 is 6.10 Å². The lowest BCUT2D eigenvalue weighted by Crippen LogP contribution is -2.30. The summed E-state index contributed by atoms with van der Waals surface area (Å²) in [6.07, 6.45) is 78.1. The lowest BCUT2D eigenvalue weighted by Gasteiger charge is -2.18. The number of allylic oxidation sites excluding steroid dienone is 10.